The number of carbonyl (C=O) groups excluding carboxylic acids is 2. The van der Waals surface area contributed by atoms with E-state index in [0.29, 0.717) is 19.6 Å². The number of hydrogen-bond donors (Lipinski definition) is 1. The van der Waals surface area contributed by atoms with Crippen LogP contribution in [0.4, 0.5) is 0 Å². The van der Waals surface area contributed by atoms with Crippen LogP contribution in [0.25, 0.3) is 0 Å². The van der Waals surface area contributed by atoms with Crippen LogP contribution in [0.5, 0.6) is 0 Å². The van der Waals surface area contributed by atoms with Gasteiger partial charge in [-0.25, -0.2) is 0 Å². The quantitative estimate of drug-likeness (QED) is 0.332. The number of likely N-dealkylation sites (tertiary alicyclic amines) is 1. The SMILES string of the molecule is C=C/C=C(\C=C/C)CNCCN1C(=O)C2C3C=CC(O3)C2C1=O. The van der Waals surface area contributed by atoms with Gasteiger partial charge in [-0.05, 0) is 12.5 Å². The zero-order valence-electron chi connectivity index (χ0n) is 13.3. The van der Waals surface area contributed by atoms with E-state index in [0.717, 1.165) is 5.57 Å². The summed E-state index contributed by atoms with van der Waals surface area (Å²) in [5.41, 5.74) is 1.11. The lowest BCUT2D eigenvalue weighted by molar-refractivity contribution is -0.142. The van der Waals surface area contributed by atoms with Gasteiger partial charge in [0.2, 0.25) is 11.8 Å². The largest absolute Gasteiger partial charge is 0.365 e. The Kier molecular flexibility index (Phi) is 4.59. The van der Waals surface area contributed by atoms with Crippen LogP contribution in [0.1, 0.15) is 6.92 Å². The predicted molar refractivity (Wildman–Crippen MR) is 87.5 cm³/mol. The summed E-state index contributed by atoms with van der Waals surface area (Å²) in [6, 6.07) is 0. The lowest BCUT2D eigenvalue weighted by Crippen LogP contribution is -2.39. The molecule has 0 aromatic heterocycles. The van der Waals surface area contributed by atoms with Crippen molar-refractivity contribution in [1.29, 1.82) is 0 Å². The summed E-state index contributed by atoms with van der Waals surface area (Å²) >= 11 is 0. The Balaban J connectivity index is 1.52. The topological polar surface area (TPSA) is 58.6 Å². The number of rotatable bonds is 7. The number of ether oxygens (including phenoxy) is 1. The highest BCUT2D eigenvalue weighted by atomic mass is 16.5. The van der Waals surface area contributed by atoms with Crippen molar-refractivity contribution >= 4 is 11.8 Å². The number of allylic oxidation sites excluding steroid dienone is 3. The Labute approximate surface area is 136 Å². The van der Waals surface area contributed by atoms with Gasteiger partial charge in [-0.2, -0.15) is 0 Å². The minimum atomic E-state index is -0.309. The zero-order valence-corrected chi connectivity index (χ0v) is 13.3. The Bertz CT molecular complexity index is 575. The third-order valence-electron chi connectivity index (χ3n) is 4.56. The molecule has 3 aliphatic heterocycles. The van der Waals surface area contributed by atoms with Crippen LogP contribution in [0, 0.1) is 11.8 Å². The van der Waals surface area contributed by atoms with Crippen molar-refractivity contribution in [2.45, 2.75) is 19.1 Å². The van der Waals surface area contributed by atoms with Crippen molar-refractivity contribution < 1.29 is 14.3 Å². The van der Waals surface area contributed by atoms with Gasteiger partial charge in [0.1, 0.15) is 0 Å². The summed E-state index contributed by atoms with van der Waals surface area (Å²) in [7, 11) is 0. The Morgan fingerprint density at radius 2 is 1.96 bits per heavy atom. The molecule has 3 heterocycles. The molecule has 3 rings (SSSR count). The molecule has 5 nitrogen and oxygen atoms in total. The van der Waals surface area contributed by atoms with E-state index < -0.39 is 0 Å². The van der Waals surface area contributed by atoms with E-state index in [1.54, 1.807) is 6.08 Å². The van der Waals surface area contributed by atoms with E-state index in [4.69, 9.17) is 4.74 Å². The van der Waals surface area contributed by atoms with Crippen LogP contribution in [0.2, 0.25) is 0 Å². The van der Waals surface area contributed by atoms with Gasteiger partial charge in [-0.1, -0.05) is 43.0 Å². The van der Waals surface area contributed by atoms with Gasteiger partial charge in [0, 0.05) is 19.6 Å². The molecular formula is C18H22N2O3. The fraction of sp³-hybridized carbons (Fsp3) is 0.444. The molecule has 3 aliphatic rings. The number of carbonyl (C=O) groups is 2. The molecule has 5 heteroatoms. The van der Waals surface area contributed by atoms with Crippen LogP contribution in [0.15, 0.2) is 48.6 Å². The molecule has 2 amide bonds. The summed E-state index contributed by atoms with van der Waals surface area (Å²) in [5.74, 6) is -0.795. The minimum Gasteiger partial charge on any atom is -0.365 e. The first-order valence-corrected chi connectivity index (χ1v) is 8.01. The van der Waals surface area contributed by atoms with Crippen LogP contribution >= 0.6 is 0 Å². The molecule has 2 saturated heterocycles. The first kappa shape index (κ1) is 15.9. The number of imide groups is 1. The zero-order chi connectivity index (χ0) is 16.4. The molecule has 0 spiro atoms. The summed E-state index contributed by atoms with van der Waals surface area (Å²) in [5, 5.41) is 3.27. The van der Waals surface area contributed by atoms with Gasteiger partial charge < -0.3 is 10.1 Å². The molecule has 23 heavy (non-hydrogen) atoms. The minimum absolute atomic E-state index is 0.0889. The molecule has 2 bridgehead atoms. The molecule has 122 valence electrons. The van der Waals surface area contributed by atoms with Gasteiger partial charge in [-0.3, -0.25) is 14.5 Å². The summed E-state index contributed by atoms with van der Waals surface area (Å²) in [6.07, 6.45) is 11.0. The molecule has 1 N–H and O–H groups in total. The average molecular weight is 314 g/mol. The van der Waals surface area contributed by atoms with Crippen molar-refractivity contribution in [1.82, 2.24) is 10.2 Å². The van der Waals surface area contributed by atoms with E-state index in [9.17, 15) is 9.59 Å². The van der Waals surface area contributed by atoms with E-state index in [-0.39, 0.29) is 35.9 Å². The Hall–Kier alpha value is -1.98. The third kappa shape index (κ3) is 2.82. The maximum atomic E-state index is 12.4. The first-order chi connectivity index (χ1) is 11.2. The van der Waals surface area contributed by atoms with E-state index in [1.807, 2.05) is 37.3 Å². The van der Waals surface area contributed by atoms with Crippen molar-refractivity contribution in [2.75, 3.05) is 19.6 Å². The van der Waals surface area contributed by atoms with Crippen molar-refractivity contribution in [3.63, 3.8) is 0 Å². The van der Waals surface area contributed by atoms with Crippen LogP contribution in [-0.4, -0.2) is 48.6 Å². The fourth-order valence-corrected chi connectivity index (χ4v) is 3.55. The average Bonchev–Trinajstić information content (AvgIpc) is 3.20. The van der Waals surface area contributed by atoms with Crippen molar-refractivity contribution in [2.24, 2.45) is 11.8 Å². The van der Waals surface area contributed by atoms with Crippen molar-refractivity contribution in [3.8, 4) is 0 Å². The second-order valence-corrected chi connectivity index (χ2v) is 5.98. The first-order valence-electron chi connectivity index (χ1n) is 8.01. The van der Waals surface area contributed by atoms with Crippen LogP contribution in [-0.2, 0) is 14.3 Å². The molecule has 0 saturated carbocycles. The van der Waals surface area contributed by atoms with Crippen molar-refractivity contribution in [3.05, 3.63) is 48.6 Å². The van der Waals surface area contributed by atoms with Gasteiger partial charge >= 0.3 is 0 Å². The lowest BCUT2D eigenvalue weighted by Gasteiger charge is -2.17. The molecule has 4 unspecified atom stereocenters. The molecule has 0 radical (unpaired) electrons. The summed E-state index contributed by atoms with van der Waals surface area (Å²) in [4.78, 5) is 26.3. The number of fused-ring (bicyclic) bond motifs is 5. The van der Waals surface area contributed by atoms with Gasteiger partial charge in [-0.15, -0.1) is 0 Å². The van der Waals surface area contributed by atoms with Gasteiger partial charge in [0.15, 0.2) is 0 Å². The number of nitrogens with zero attached hydrogens (tertiary/aromatic N) is 1. The highest BCUT2D eigenvalue weighted by molar-refractivity contribution is 6.06. The van der Waals surface area contributed by atoms with E-state index in [1.165, 1.54) is 4.90 Å². The third-order valence-corrected chi connectivity index (χ3v) is 4.56. The molecular weight excluding hydrogens is 292 g/mol. The standard InChI is InChI=1S/C18H22N2O3/c1-3-5-12(6-4-2)11-19-9-10-20-17(21)15-13-7-8-14(23-13)16(15)18(20)22/h3-8,13-16,19H,1,9-11H2,2H3/b6-4-,12-5+. The van der Waals surface area contributed by atoms with Crippen LogP contribution < -0.4 is 5.32 Å². The normalized spacial score (nSPS) is 32.4. The molecule has 0 aromatic carbocycles. The van der Waals surface area contributed by atoms with Gasteiger partial charge in [0.05, 0.1) is 24.0 Å². The molecule has 0 aliphatic carbocycles. The molecule has 4 atom stereocenters. The lowest BCUT2D eigenvalue weighted by atomic mass is 9.85. The summed E-state index contributed by atoms with van der Waals surface area (Å²) < 4.78 is 5.62. The summed E-state index contributed by atoms with van der Waals surface area (Å²) in [6.45, 7) is 7.31. The maximum absolute atomic E-state index is 12.4. The number of amides is 2. The fourth-order valence-electron chi connectivity index (χ4n) is 3.55. The van der Waals surface area contributed by atoms with Gasteiger partial charge in [0.25, 0.3) is 0 Å². The Morgan fingerprint density at radius 1 is 1.30 bits per heavy atom. The Morgan fingerprint density at radius 3 is 2.52 bits per heavy atom. The van der Waals surface area contributed by atoms with E-state index in [2.05, 4.69) is 11.9 Å². The smallest absolute Gasteiger partial charge is 0.236 e. The maximum Gasteiger partial charge on any atom is 0.236 e. The second kappa shape index (κ2) is 6.64. The number of hydrogen-bond acceptors (Lipinski definition) is 4. The molecule has 2 fully saturated rings. The predicted octanol–water partition coefficient (Wildman–Crippen LogP) is 1.20. The molecule has 0 aromatic rings. The number of nitrogens with one attached hydrogen (secondary N) is 1. The highest BCUT2D eigenvalue weighted by Gasteiger charge is 2.60. The second-order valence-electron chi connectivity index (χ2n) is 5.98. The highest BCUT2D eigenvalue weighted by Crippen LogP contribution is 2.44. The monoisotopic (exact) mass is 314 g/mol. The van der Waals surface area contributed by atoms with E-state index >= 15 is 0 Å². The van der Waals surface area contributed by atoms with Crippen LogP contribution in [0.3, 0.4) is 0 Å².